The number of aromatic nitrogens is 1. The molecule has 0 spiro atoms. The molecule has 3 N–H and O–H groups in total. The average molecular weight is 512 g/mol. The molecule has 2 aliphatic carbocycles. The highest BCUT2D eigenvalue weighted by molar-refractivity contribution is 7.87. The van der Waals surface area contributed by atoms with Gasteiger partial charge in [-0.1, -0.05) is 36.4 Å². The van der Waals surface area contributed by atoms with Gasteiger partial charge >= 0.3 is 16.2 Å². The van der Waals surface area contributed by atoms with Gasteiger partial charge in [-0.05, 0) is 67.9 Å². The Morgan fingerprint density at radius 3 is 2.56 bits per heavy atom. The lowest BCUT2D eigenvalue weighted by molar-refractivity contribution is 0.0945. The van der Waals surface area contributed by atoms with Gasteiger partial charge in [-0.3, -0.25) is 4.79 Å². The van der Waals surface area contributed by atoms with E-state index >= 15 is 0 Å². The number of allylic oxidation sites excluding steroid dienone is 2. The molecule has 1 saturated carbocycles. The Bertz CT molecular complexity index is 1260. The van der Waals surface area contributed by atoms with Gasteiger partial charge in [-0.2, -0.15) is 12.7 Å². The number of urea groups is 1. The van der Waals surface area contributed by atoms with E-state index in [1.54, 1.807) is 6.07 Å². The molecule has 0 unspecified atom stereocenters. The van der Waals surface area contributed by atoms with Crippen molar-refractivity contribution in [3.63, 3.8) is 0 Å². The normalized spacial score (nSPS) is 24.2. The summed E-state index contributed by atoms with van der Waals surface area (Å²) < 4.78 is 28.8. The first-order valence-corrected chi connectivity index (χ1v) is 14.2. The number of benzene rings is 1. The lowest BCUT2D eigenvalue weighted by Gasteiger charge is -2.31. The number of piperidine rings is 1. The van der Waals surface area contributed by atoms with Crippen molar-refractivity contribution in [3.8, 4) is 0 Å². The van der Waals surface area contributed by atoms with E-state index in [-0.39, 0.29) is 5.91 Å². The van der Waals surface area contributed by atoms with Crippen molar-refractivity contribution < 1.29 is 18.0 Å². The van der Waals surface area contributed by atoms with Gasteiger partial charge in [-0.15, -0.1) is 0 Å². The minimum atomic E-state index is -3.87. The van der Waals surface area contributed by atoms with Crippen LogP contribution in [0.3, 0.4) is 0 Å². The number of hydrogen-bond acceptors (Lipinski definition) is 5. The van der Waals surface area contributed by atoms with Crippen LogP contribution in [0.4, 0.5) is 4.79 Å². The quantitative estimate of drug-likeness (QED) is 0.471. The van der Waals surface area contributed by atoms with Gasteiger partial charge in [0.25, 0.3) is 5.91 Å². The molecule has 2 bridgehead atoms. The molecule has 10 heteroatoms. The molecule has 1 aliphatic heterocycles. The Balaban J connectivity index is 1.01. The van der Waals surface area contributed by atoms with Gasteiger partial charge in [0.2, 0.25) is 0 Å². The lowest BCUT2D eigenvalue weighted by atomic mass is 9.94. The van der Waals surface area contributed by atoms with E-state index in [0.29, 0.717) is 68.4 Å². The number of rotatable bonds is 8. The molecule has 1 aromatic carbocycles. The number of fused-ring (bicyclic) bond motifs is 3. The summed E-state index contributed by atoms with van der Waals surface area (Å²) in [5, 5.41) is 6.65. The number of nitrogens with zero attached hydrogens (tertiary/aromatic N) is 2. The molecule has 2 aromatic rings. The second-order valence-corrected chi connectivity index (χ2v) is 11.8. The van der Waals surface area contributed by atoms with Crippen molar-refractivity contribution in [2.45, 2.75) is 32.1 Å². The summed E-state index contributed by atoms with van der Waals surface area (Å²) >= 11 is 0. The number of carbonyl (C=O) groups excluding carboxylic acids is 2. The Labute approximate surface area is 211 Å². The zero-order chi connectivity index (χ0) is 25.1. The molecule has 3 atom stereocenters. The van der Waals surface area contributed by atoms with Gasteiger partial charge in [0.15, 0.2) is 0 Å². The zero-order valence-electron chi connectivity index (χ0n) is 20.2. The van der Waals surface area contributed by atoms with Gasteiger partial charge in [0.1, 0.15) is 5.69 Å². The summed E-state index contributed by atoms with van der Waals surface area (Å²) in [5.74, 6) is 1.60. The molecule has 1 aromatic heterocycles. The van der Waals surface area contributed by atoms with Crippen LogP contribution in [0.5, 0.6) is 0 Å². The van der Waals surface area contributed by atoms with Crippen molar-refractivity contribution in [2.75, 3.05) is 26.2 Å². The third-order valence-electron chi connectivity index (χ3n) is 7.75. The first-order valence-electron chi connectivity index (χ1n) is 12.8. The Kier molecular flexibility index (Phi) is 7.25. The van der Waals surface area contributed by atoms with Crippen LogP contribution in [0.15, 0.2) is 48.6 Å². The van der Waals surface area contributed by atoms with Crippen molar-refractivity contribution in [1.82, 2.24) is 24.6 Å². The smallest absolute Gasteiger partial charge is 0.329 e. The fraction of sp³-hybridized carbons (Fsp3) is 0.500. The fourth-order valence-electron chi connectivity index (χ4n) is 5.68. The lowest BCUT2D eigenvalue weighted by Crippen LogP contribution is -2.50. The first kappa shape index (κ1) is 24.7. The van der Waals surface area contributed by atoms with E-state index in [0.717, 1.165) is 30.2 Å². The molecule has 192 valence electrons. The predicted molar refractivity (Wildman–Crippen MR) is 137 cm³/mol. The van der Waals surface area contributed by atoms with Crippen molar-refractivity contribution in [1.29, 1.82) is 0 Å². The van der Waals surface area contributed by atoms with E-state index in [4.69, 9.17) is 0 Å². The van der Waals surface area contributed by atoms with Crippen molar-refractivity contribution in [2.24, 2.45) is 23.7 Å². The highest BCUT2D eigenvalue weighted by Gasteiger charge is 2.36. The van der Waals surface area contributed by atoms with Crippen LogP contribution in [0, 0.1) is 23.7 Å². The predicted octanol–water partition coefficient (Wildman–Crippen LogP) is 2.82. The third-order valence-corrected chi connectivity index (χ3v) is 9.23. The van der Waals surface area contributed by atoms with Crippen LogP contribution in [0.25, 0.3) is 10.9 Å². The number of pyridine rings is 1. The summed E-state index contributed by atoms with van der Waals surface area (Å²) in [7, 11) is -3.87. The minimum Gasteiger partial charge on any atom is -0.351 e. The first-order chi connectivity index (χ1) is 17.4. The van der Waals surface area contributed by atoms with Crippen molar-refractivity contribution >= 4 is 33.1 Å². The van der Waals surface area contributed by atoms with Gasteiger partial charge in [0, 0.05) is 31.6 Å². The maximum atomic E-state index is 12.7. The van der Waals surface area contributed by atoms with Crippen LogP contribution in [0.2, 0.25) is 0 Å². The maximum Gasteiger partial charge on any atom is 0.329 e. The molecule has 2 heterocycles. The number of carbonyl (C=O) groups is 2. The van der Waals surface area contributed by atoms with E-state index in [1.165, 1.54) is 4.31 Å². The molecule has 3 aliphatic rings. The molecule has 1 saturated heterocycles. The standard InChI is InChI=1S/C26H33N5O4S/c32-25(24-8-7-20-3-1-2-4-23(20)29-24)27-12-9-18-10-13-31(14-11-18)36(34,35)30-26(33)28-17-22-16-19-5-6-21(22)15-19/h1-8,18-19,21-22H,9-17H2,(H,27,32)(H2,28,30,33)/t19-,21-,22+/m1/s1. The number of hydrogen-bond donors (Lipinski definition) is 3. The van der Waals surface area contributed by atoms with Crippen LogP contribution in [-0.2, 0) is 10.2 Å². The number of nitrogens with one attached hydrogen (secondary N) is 3. The molecule has 5 rings (SSSR count). The Morgan fingerprint density at radius 1 is 1.00 bits per heavy atom. The molecule has 2 fully saturated rings. The zero-order valence-corrected chi connectivity index (χ0v) is 21.0. The summed E-state index contributed by atoms with van der Waals surface area (Å²) in [6.07, 6.45) is 8.79. The topological polar surface area (TPSA) is 121 Å². The molecule has 9 nitrogen and oxygen atoms in total. The van der Waals surface area contributed by atoms with Crippen LogP contribution < -0.4 is 15.4 Å². The van der Waals surface area contributed by atoms with Gasteiger partial charge < -0.3 is 10.6 Å². The molecule has 0 radical (unpaired) electrons. The highest BCUT2D eigenvalue weighted by atomic mass is 32.2. The van der Waals surface area contributed by atoms with Crippen LogP contribution in [-0.4, -0.2) is 55.8 Å². The third kappa shape index (κ3) is 5.70. The SMILES string of the molecule is O=C(NC[C@@H]1C[C@@H]2C=C[C@@H]1C2)NS(=O)(=O)N1CCC(CCNC(=O)c2ccc3ccccc3n2)CC1. The van der Waals surface area contributed by atoms with Gasteiger partial charge in [0.05, 0.1) is 5.52 Å². The summed E-state index contributed by atoms with van der Waals surface area (Å²) in [6, 6.07) is 10.6. The summed E-state index contributed by atoms with van der Waals surface area (Å²) in [5.41, 5.74) is 1.17. The second kappa shape index (κ2) is 10.6. The van der Waals surface area contributed by atoms with E-state index < -0.39 is 16.2 Å². The molecule has 36 heavy (non-hydrogen) atoms. The largest absolute Gasteiger partial charge is 0.351 e. The fourth-order valence-corrected chi connectivity index (χ4v) is 6.81. The van der Waals surface area contributed by atoms with Gasteiger partial charge in [-0.25, -0.2) is 14.5 Å². The second-order valence-electron chi connectivity index (χ2n) is 10.1. The van der Waals surface area contributed by atoms with E-state index in [1.807, 2.05) is 30.3 Å². The summed E-state index contributed by atoms with van der Waals surface area (Å²) in [6.45, 7) is 1.70. The van der Waals surface area contributed by atoms with Crippen LogP contribution in [0.1, 0.15) is 42.6 Å². The maximum absolute atomic E-state index is 12.7. The van der Waals surface area contributed by atoms with E-state index in [9.17, 15) is 18.0 Å². The van der Waals surface area contributed by atoms with Crippen molar-refractivity contribution in [3.05, 3.63) is 54.2 Å². The van der Waals surface area contributed by atoms with Crippen LogP contribution >= 0.6 is 0 Å². The molecular weight excluding hydrogens is 478 g/mol. The number of amides is 3. The average Bonchev–Trinajstić information content (AvgIpc) is 3.51. The monoisotopic (exact) mass is 511 g/mol. The summed E-state index contributed by atoms with van der Waals surface area (Å²) in [4.78, 5) is 29.1. The minimum absolute atomic E-state index is 0.211. The highest BCUT2D eigenvalue weighted by Crippen LogP contribution is 2.42. The Hall–Kier alpha value is -2.98. The molecular formula is C26H33N5O4S. The number of para-hydroxylation sites is 1. The van der Waals surface area contributed by atoms with E-state index in [2.05, 4.69) is 32.5 Å². The molecule has 3 amide bonds. The Morgan fingerprint density at radius 2 is 1.81 bits per heavy atom.